The molecular weight excluding hydrogens is 526 g/mol. The second-order valence-corrected chi connectivity index (χ2v) is 11.8. The number of aryl methyl sites for hydroxylation is 1. The van der Waals surface area contributed by atoms with Crippen LogP contribution >= 0.6 is 0 Å². The number of hydrogen-bond acceptors (Lipinski definition) is 5. The molecule has 0 fully saturated rings. The minimum absolute atomic E-state index is 0.0715. The molecule has 0 spiro atoms. The molecule has 2 amide bonds. The van der Waals surface area contributed by atoms with Crippen LogP contribution in [0.4, 0.5) is 5.69 Å². The number of hydrogen-bond donors (Lipinski definition) is 1. The summed E-state index contributed by atoms with van der Waals surface area (Å²) in [4.78, 5) is 28.7. The van der Waals surface area contributed by atoms with Gasteiger partial charge in [0.25, 0.3) is 10.0 Å². The number of carbonyl (C=O) groups is 2. The number of anilines is 1. The van der Waals surface area contributed by atoms with Crippen molar-refractivity contribution >= 4 is 27.5 Å². The molecule has 0 aliphatic heterocycles. The van der Waals surface area contributed by atoms with Crippen molar-refractivity contribution in [2.45, 2.75) is 64.6 Å². The normalized spacial score (nSPS) is 12.8. The lowest BCUT2D eigenvalue weighted by atomic mass is 10.1. The van der Waals surface area contributed by atoms with Crippen LogP contribution in [0.15, 0.2) is 77.7 Å². The molecule has 9 heteroatoms. The Hall–Kier alpha value is -3.85. The molecule has 0 heterocycles. The van der Waals surface area contributed by atoms with E-state index < -0.39 is 28.5 Å². The molecule has 0 aliphatic rings. The first-order chi connectivity index (χ1) is 19.0. The highest BCUT2D eigenvalue weighted by Crippen LogP contribution is 2.29. The Morgan fingerprint density at radius 3 is 2.17 bits per heavy atom. The van der Waals surface area contributed by atoms with Gasteiger partial charge in [-0.25, -0.2) is 8.42 Å². The van der Waals surface area contributed by atoms with Gasteiger partial charge in [0, 0.05) is 12.6 Å². The van der Waals surface area contributed by atoms with Crippen molar-refractivity contribution in [2.75, 3.05) is 18.0 Å². The smallest absolute Gasteiger partial charge is 0.264 e. The SMILES string of the molecule is CC[C@@H](C)NC(=O)[C@H](C)N(Cc1ccc(OC)cc1)C(=O)CN(c1cccc(C)c1C)S(=O)(=O)c1ccccc1. The van der Waals surface area contributed by atoms with Gasteiger partial charge >= 0.3 is 0 Å². The summed E-state index contributed by atoms with van der Waals surface area (Å²) in [6.07, 6.45) is 0.737. The standard InChI is InChI=1S/C31H39N3O5S/c1-7-23(3)32-31(36)25(5)33(20-26-16-18-27(39-6)19-17-26)30(35)21-34(29-15-11-12-22(2)24(29)4)40(37,38)28-13-9-8-10-14-28/h8-19,23,25H,7,20-21H2,1-6H3,(H,32,36)/t23-,25+/m1/s1. The predicted octanol–water partition coefficient (Wildman–Crippen LogP) is 4.84. The van der Waals surface area contributed by atoms with Gasteiger partial charge in [0.15, 0.2) is 0 Å². The summed E-state index contributed by atoms with van der Waals surface area (Å²) in [6.45, 7) is 8.89. The van der Waals surface area contributed by atoms with Crippen molar-refractivity contribution in [3.63, 3.8) is 0 Å². The summed E-state index contributed by atoms with van der Waals surface area (Å²) < 4.78 is 34.3. The monoisotopic (exact) mass is 565 g/mol. The third-order valence-electron chi connectivity index (χ3n) is 7.14. The van der Waals surface area contributed by atoms with E-state index in [-0.39, 0.29) is 23.4 Å². The molecule has 1 N–H and O–H groups in total. The highest BCUT2D eigenvalue weighted by molar-refractivity contribution is 7.92. The van der Waals surface area contributed by atoms with Crippen molar-refractivity contribution in [3.8, 4) is 5.75 Å². The van der Waals surface area contributed by atoms with E-state index in [1.807, 2.05) is 45.9 Å². The fourth-order valence-electron chi connectivity index (χ4n) is 4.21. The lowest BCUT2D eigenvalue weighted by Gasteiger charge is -2.33. The first-order valence-electron chi connectivity index (χ1n) is 13.4. The molecule has 0 aliphatic carbocycles. The topological polar surface area (TPSA) is 96.0 Å². The molecule has 2 atom stereocenters. The molecule has 0 aromatic heterocycles. The summed E-state index contributed by atoms with van der Waals surface area (Å²) in [6, 6.07) is 19.7. The molecular formula is C31H39N3O5S. The predicted molar refractivity (Wildman–Crippen MR) is 158 cm³/mol. The molecule has 0 unspecified atom stereocenters. The van der Waals surface area contributed by atoms with E-state index in [9.17, 15) is 18.0 Å². The average Bonchev–Trinajstić information content (AvgIpc) is 2.96. The van der Waals surface area contributed by atoms with Gasteiger partial charge in [-0.2, -0.15) is 0 Å². The molecule has 0 radical (unpaired) electrons. The van der Waals surface area contributed by atoms with Crippen LogP contribution < -0.4 is 14.4 Å². The Balaban J connectivity index is 2.05. The highest BCUT2D eigenvalue weighted by Gasteiger charge is 2.33. The van der Waals surface area contributed by atoms with Gasteiger partial charge in [-0.15, -0.1) is 0 Å². The average molecular weight is 566 g/mol. The zero-order valence-electron chi connectivity index (χ0n) is 24.0. The molecule has 214 valence electrons. The van der Waals surface area contributed by atoms with Crippen LogP contribution in [-0.4, -0.2) is 50.9 Å². The Morgan fingerprint density at radius 2 is 1.57 bits per heavy atom. The van der Waals surface area contributed by atoms with Crippen LogP contribution in [0.25, 0.3) is 0 Å². The maximum atomic E-state index is 14.0. The number of methoxy groups -OCH3 is 1. The zero-order chi connectivity index (χ0) is 29.4. The van der Waals surface area contributed by atoms with E-state index >= 15 is 0 Å². The first kappa shape index (κ1) is 30.7. The quantitative estimate of drug-likeness (QED) is 0.339. The van der Waals surface area contributed by atoms with Crippen molar-refractivity contribution in [1.29, 1.82) is 0 Å². The number of sulfonamides is 1. The number of nitrogens with one attached hydrogen (secondary N) is 1. The second-order valence-electron chi connectivity index (χ2n) is 9.91. The van der Waals surface area contributed by atoms with Crippen LogP contribution in [0.1, 0.15) is 43.9 Å². The van der Waals surface area contributed by atoms with Crippen LogP contribution in [0.5, 0.6) is 5.75 Å². The van der Waals surface area contributed by atoms with Crippen LogP contribution in [0.3, 0.4) is 0 Å². The lowest BCUT2D eigenvalue weighted by Crippen LogP contribution is -2.52. The highest BCUT2D eigenvalue weighted by atomic mass is 32.2. The summed E-state index contributed by atoms with van der Waals surface area (Å²) in [7, 11) is -2.53. The second kappa shape index (κ2) is 13.5. The Labute approximate surface area is 238 Å². The molecule has 3 rings (SSSR count). The summed E-state index contributed by atoms with van der Waals surface area (Å²) in [5.41, 5.74) is 2.84. The lowest BCUT2D eigenvalue weighted by molar-refractivity contribution is -0.139. The summed E-state index contributed by atoms with van der Waals surface area (Å²) in [5.74, 6) is -0.136. The molecule has 0 bridgehead atoms. The fraction of sp³-hybridized carbons (Fsp3) is 0.355. The Bertz CT molecular complexity index is 1410. The number of carbonyl (C=O) groups excluding carboxylic acids is 2. The van der Waals surface area contributed by atoms with Gasteiger partial charge in [-0.05, 0) is 81.1 Å². The molecule has 40 heavy (non-hydrogen) atoms. The van der Waals surface area contributed by atoms with E-state index in [2.05, 4.69) is 5.32 Å². The number of amides is 2. The molecule has 0 saturated carbocycles. The molecule has 3 aromatic rings. The van der Waals surface area contributed by atoms with Gasteiger partial charge in [-0.1, -0.05) is 49.4 Å². The van der Waals surface area contributed by atoms with Crippen molar-refractivity contribution in [1.82, 2.24) is 10.2 Å². The minimum Gasteiger partial charge on any atom is -0.497 e. The van der Waals surface area contributed by atoms with E-state index in [1.54, 1.807) is 56.5 Å². The van der Waals surface area contributed by atoms with E-state index in [0.717, 1.165) is 27.4 Å². The van der Waals surface area contributed by atoms with Crippen molar-refractivity contribution < 1.29 is 22.7 Å². The Kier molecular flexibility index (Phi) is 10.3. The summed E-state index contributed by atoms with van der Waals surface area (Å²) >= 11 is 0. The number of rotatable bonds is 12. The fourth-order valence-corrected chi connectivity index (χ4v) is 5.71. The number of benzene rings is 3. The molecule has 8 nitrogen and oxygen atoms in total. The molecule has 3 aromatic carbocycles. The maximum absolute atomic E-state index is 14.0. The first-order valence-corrected chi connectivity index (χ1v) is 14.8. The summed E-state index contributed by atoms with van der Waals surface area (Å²) in [5, 5.41) is 2.94. The van der Waals surface area contributed by atoms with E-state index in [4.69, 9.17) is 4.74 Å². The minimum atomic E-state index is -4.10. The van der Waals surface area contributed by atoms with Crippen LogP contribution in [-0.2, 0) is 26.2 Å². The van der Waals surface area contributed by atoms with Crippen LogP contribution in [0, 0.1) is 13.8 Å². The van der Waals surface area contributed by atoms with Crippen molar-refractivity contribution in [3.05, 3.63) is 89.5 Å². The van der Waals surface area contributed by atoms with Gasteiger partial charge < -0.3 is 15.0 Å². The third kappa shape index (κ3) is 7.21. The van der Waals surface area contributed by atoms with Crippen LogP contribution in [0.2, 0.25) is 0 Å². The van der Waals surface area contributed by atoms with Gasteiger partial charge in [0.1, 0.15) is 18.3 Å². The van der Waals surface area contributed by atoms with Gasteiger partial charge in [-0.3, -0.25) is 13.9 Å². The van der Waals surface area contributed by atoms with E-state index in [1.165, 1.54) is 17.0 Å². The van der Waals surface area contributed by atoms with E-state index in [0.29, 0.717) is 11.4 Å². The third-order valence-corrected chi connectivity index (χ3v) is 8.91. The van der Waals surface area contributed by atoms with Gasteiger partial charge in [0.2, 0.25) is 11.8 Å². The maximum Gasteiger partial charge on any atom is 0.264 e. The largest absolute Gasteiger partial charge is 0.497 e. The number of ether oxygens (including phenoxy) is 1. The molecule has 0 saturated heterocycles. The Morgan fingerprint density at radius 1 is 0.925 bits per heavy atom. The zero-order valence-corrected chi connectivity index (χ0v) is 24.9. The van der Waals surface area contributed by atoms with Crippen molar-refractivity contribution in [2.24, 2.45) is 0 Å². The number of nitrogens with zero attached hydrogens (tertiary/aromatic N) is 2. The van der Waals surface area contributed by atoms with Gasteiger partial charge in [0.05, 0.1) is 17.7 Å².